The molecular formula is C15H21N. The Labute approximate surface area is 98.3 Å². The van der Waals surface area contributed by atoms with E-state index in [2.05, 4.69) is 36.5 Å². The van der Waals surface area contributed by atoms with Crippen molar-refractivity contribution >= 4 is 0 Å². The largest absolute Gasteiger partial charge is 0.306 e. The molecule has 1 unspecified atom stereocenters. The number of nitrogens with one attached hydrogen (secondary N) is 1. The number of benzene rings is 1. The fourth-order valence-corrected chi connectivity index (χ4v) is 3.37. The Morgan fingerprint density at radius 2 is 1.81 bits per heavy atom. The van der Waals surface area contributed by atoms with Crippen LogP contribution in [0.25, 0.3) is 0 Å². The highest BCUT2D eigenvalue weighted by molar-refractivity contribution is 5.34. The molecule has 86 valence electrons. The topological polar surface area (TPSA) is 12.0 Å². The van der Waals surface area contributed by atoms with E-state index >= 15 is 0 Å². The van der Waals surface area contributed by atoms with Gasteiger partial charge in [0.1, 0.15) is 0 Å². The zero-order valence-corrected chi connectivity index (χ0v) is 10.1. The lowest BCUT2D eigenvalue weighted by Crippen LogP contribution is -2.25. The summed E-state index contributed by atoms with van der Waals surface area (Å²) in [6.07, 6.45) is 5.66. The maximum Gasteiger partial charge on any atom is 0.0354 e. The number of hydrogen-bond donors (Lipinski definition) is 1. The van der Waals surface area contributed by atoms with Gasteiger partial charge in [0.2, 0.25) is 0 Å². The van der Waals surface area contributed by atoms with E-state index in [1.54, 1.807) is 5.56 Å². The van der Waals surface area contributed by atoms with Crippen molar-refractivity contribution in [2.24, 2.45) is 11.8 Å². The zero-order valence-electron chi connectivity index (χ0n) is 10.1. The van der Waals surface area contributed by atoms with Crippen LogP contribution in [0.15, 0.2) is 24.3 Å². The predicted molar refractivity (Wildman–Crippen MR) is 67.1 cm³/mol. The minimum Gasteiger partial charge on any atom is -0.306 e. The first-order valence-corrected chi connectivity index (χ1v) is 6.66. The second kappa shape index (κ2) is 4.21. The second-order valence-corrected chi connectivity index (χ2v) is 5.58. The zero-order chi connectivity index (χ0) is 11.0. The molecule has 0 radical (unpaired) electrons. The van der Waals surface area contributed by atoms with E-state index in [4.69, 9.17) is 0 Å². The summed E-state index contributed by atoms with van der Waals surface area (Å²) >= 11 is 0. The van der Waals surface area contributed by atoms with Gasteiger partial charge in [0.15, 0.2) is 0 Å². The summed E-state index contributed by atoms with van der Waals surface area (Å²) in [5.74, 6) is 1.83. The molecule has 1 N–H and O–H groups in total. The Balaban J connectivity index is 1.77. The Morgan fingerprint density at radius 3 is 2.62 bits per heavy atom. The molecule has 2 aliphatic rings. The van der Waals surface area contributed by atoms with Crippen molar-refractivity contribution in [3.8, 4) is 0 Å². The summed E-state index contributed by atoms with van der Waals surface area (Å²) in [5, 5.41) is 3.71. The van der Waals surface area contributed by atoms with E-state index in [0.717, 1.165) is 18.4 Å². The first-order chi connectivity index (χ1) is 7.84. The van der Waals surface area contributed by atoms with Gasteiger partial charge in [-0.3, -0.25) is 0 Å². The minimum absolute atomic E-state index is 0.642. The van der Waals surface area contributed by atoms with Crippen LogP contribution in [0.2, 0.25) is 0 Å². The van der Waals surface area contributed by atoms with Crippen molar-refractivity contribution in [2.75, 3.05) is 0 Å². The summed E-state index contributed by atoms with van der Waals surface area (Å²) < 4.78 is 0. The molecule has 1 aliphatic heterocycles. The van der Waals surface area contributed by atoms with Gasteiger partial charge in [-0.2, -0.15) is 0 Å². The molecule has 1 atom stereocenters. The average Bonchev–Trinajstić information content (AvgIpc) is 2.74. The van der Waals surface area contributed by atoms with Gasteiger partial charge in [-0.15, -0.1) is 0 Å². The van der Waals surface area contributed by atoms with Crippen LogP contribution in [0.4, 0.5) is 0 Å². The molecule has 1 nitrogen and oxygen atoms in total. The quantitative estimate of drug-likeness (QED) is 0.754. The van der Waals surface area contributed by atoms with Crippen molar-refractivity contribution in [3.05, 3.63) is 35.4 Å². The molecule has 1 heteroatoms. The van der Waals surface area contributed by atoms with Crippen molar-refractivity contribution in [1.82, 2.24) is 5.32 Å². The molecule has 0 saturated heterocycles. The molecular weight excluding hydrogens is 194 g/mol. The lowest BCUT2D eigenvalue weighted by molar-refractivity contribution is 0.239. The van der Waals surface area contributed by atoms with Crippen LogP contribution in [0.1, 0.15) is 49.8 Å². The summed E-state index contributed by atoms with van der Waals surface area (Å²) in [7, 11) is 0. The van der Waals surface area contributed by atoms with Crippen molar-refractivity contribution in [1.29, 1.82) is 0 Å². The van der Waals surface area contributed by atoms with Crippen LogP contribution < -0.4 is 5.32 Å². The monoisotopic (exact) mass is 215 g/mol. The van der Waals surface area contributed by atoms with Gasteiger partial charge < -0.3 is 5.32 Å². The number of hydrogen-bond acceptors (Lipinski definition) is 1. The first kappa shape index (κ1) is 10.3. The second-order valence-electron chi connectivity index (χ2n) is 5.58. The maximum atomic E-state index is 3.71. The predicted octanol–water partition coefficient (Wildman–Crippen LogP) is 3.66. The Bertz CT molecular complexity index is 363. The highest BCUT2D eigenvalue weighted by Crippen LogP contribution is 2.40. The number of rotatable bonds is 1. The highest BCUT2D eigenvalue weighted by Gasteiger charge is 2.31. The molecule has 1 saturated carbocycles. The molecule has 0 spiro atoms. The van der Waals surface area contributed by atoms with E-state index in [9.17, 15) is 0 Å². The first-order valence-electron chi connectivity index (χ1n) is 6.66. The van der Waals surface area contributed by atoms with E-state index < -0.39 is 0 Å². The SMILES string of the molecule is CC1CCC(C2NCc3ccccc32)CC1. The van der Waals surface area contributed by atoms with Gasteiger partial charge >= 0.3 is 0 Å². The van der Waals surface area contributed by atoms with Crippen LogP contribution in [-0.2, 0) is 6.54 Å². The Morgan fingerprint density at radius 1 is 1.06 bits per heavy atom. The van der Waals surface area contributed by atoms with E-state index in [1.807, 2.05) is 0 Å². The van der Waals surface area contributed by atoms with E-state index in [1.165, 1.54) is 31.2 Å². The van der Waals surface area contributed by atoms with Gasteiger partial charge in [-0.1, -0.05) is 44.0 Å². The molecule has 1 aromatic rings. The fourth-order valence-electron chi connectivity index (χ4n) is 3.37. The molecule has 0 aromatic heterocycles. The van der Waals surface area contributed by atoms with E-state index in [0.29, 0.717) is 6.04 Å². The van der Waals surface area contributed by atoms with Gasteiger partial charge in [0.25, 0.3) is 0 Å². The van der Waals surface area contributed by atoms with Gasteiger partial charge in [-0.25, -0.2) is 0 Å². The molecule has 3 rings (SSSR count). The molecule has 1 fully saturated rings. The molecule has 0 amide bonds. The minimum atomic E-state index is 0.642. The lowest BCUT2D eigenvalue weighted by atomic mass is 9.78. The fraction of sp³-hybridized carbons (Fsp3) is 0.600. The Kier molecular flexibility index (Phi) is 2.72. The maximum absolute atomic E-state index is 3.71. The lowest BCUT2D eigenvalue weighted by Gasteiger charge is -2.31. The molecule has 1 heterocycles. The van der Waals surface area contributed by atoms with Crippen LogP contribution >= 0.6 is 0 Å². The van der Waals surface area contributed by atoms with Crippen LogP contribution in [0.3, 0.4) is 0 Å². The third-order valence-corrected chi connectivity index (χ3v) is 4.43. The molecule has 1 aromatic carbocycles. The normalized spacial score (nSPS) is 33.7. The summed E-state index contributed by atoms with van der Waals surface area (Å²) in [4.78, 5) is 0. The standard InChI is InChI=1S/C15H21N/c1-11-6-8-12(9-7-11)15-14-5-3-2-4-13(14)10-16-15/h2-5,11-12,15-16H,6-10H2,1H3. The van der Waals surface area contributed by atoms with Crippen LogP contribution in [0.5, 0.6) is 0 Å². The highest BCUT2D eigenvalue weighted by atomic mass is 14.9. The van der Waals surface area contributed by atoms with Crippen molar-refractivity contribution in [3.63, 3.8) is 0 Å². The number of fused-ring (bicyclic) bond motifs is 1. The van der Waals surface area contributed by atoms with Gasteiger partial charge in [-0.05, 0) is 35.8 Å². The summed E-state index contributed by atoms with van der Waals surface area (Å²) in [6.45, 7) is 3.47. The third kappa shape index (κ3) is 1.78. The average molecular weight is 215 g/mol. The third-order valence-electron chi connectivity index (χ3n) is 4.43. The van der Waals surface area contributed by atoms with Crippen molar-refractivity contribution in [2.45, 2.75) is 45.2 Å². The smallest absolute Gasteiger partial charge is 0.0354 e. The van der Waals surface area contributed by atoms with Crippen molar-refractivity contribution < 1.29 is 0 Å². The summed E-state index contributed by atoms with van der Waals surface area (Å²) in [5.41, 5.74) is 3.09. The molecule has 0 bridgehead atoms. The molecule has 16 heavy (non-hydrogen) atoms. The van der Waals surface area contributed by atoms with E-state index in [-0.39, 0.29) is 0 Å². The molecule has 1 aliphatic carbocycles. The summed E-state index contributed by atoms with van der Waals surface area (Å²) in [6, 6.07) is 9.57. The van der Waals surface area contributed by atoms with Gasteiger partial charge in [0, 0.05) is 12.6 Å². The van der Waals surface area contributed by atoms with Crippen LogP contribution in [-0.4, -0.2) is 0 Å². The van der Waals surface area contributed by atoms with Gasteiger partial charge in [0.05, 0.1) is 0 Å². The Hall–Kier alpha value is -0.820. The van der Waals surface area contributed by atoms with Crippen LogP contribution in [0, 0.1) is 11.8 Å².